The first kappa shape index (κ1) is 18.0. The molecule has 0 saturated heterocycles. The minimum Gasteiger partial charge on any atom is -0.414 e. The summed E-state index contributed by atoms with van der Waals surface area (Å²) in [5.41, 5.74) is -0.0948. The van der Waals surface area contributed by atoms with Crippen molar-refractivity contribution in [2.75, 3.05) is 5.75 Å². The van der Waals surface area contributed by atoms with Crippen molar-refractivity contribution < 1.29 is 9.62 Å². The molecule has 0 radical (unpaired) electrons. The smallest absolute Gasteiger partial charge is 0.328 e. The summed E-state index contributed by atoms with van der Waals surface area (Å²) in [5.74, 6) is 0.447. The second kappa shape index (κ2) is 8.02. The second-order valence-electron chi connectivity index (χ2n) is 5.01. The number of nitrogens with one attached hydrogen (secondary N) is 1. The highest BCUT2D eigenvalue weighted by molar-refractivity contribution is 7.99. The van der Waals surface area contributed by atoms with E-state index in [4.69, 9.17) is 16.0 Å². The Hall–Kier alpha value is -2.85. The Balaban J connectivity index is 1.68. The summed E-state index contributed by atoms with van der Waals surface area (Å²) in [6.07, 6.45) is 1.34. The zero-order chi connectivity index (χ0) is 18.5. The van der Waals surface area contributed by atoms with Crippen molar-refractivity contribution >= 4 is 29.1 Å². The number of rotatable bonds is 6. The number of oxime groups is 1. The summed E-state index contributed by atoms with van der Waals surface area (Å²) < 4.78 is 6.68. The summed E-state index contributed by atoms with van der Waals surface area (Å²) in [7, 11) is 0. The van der Waals surface area contributed by atoms with Gasteiger partial charge in [-0.25, -0.2) is 4.79 Å². The normalized spacial score (nSPS) is 11.7. The number of benzene rings is 1. The van der Waals surface area contributed by atoms with Gasteiger partial charge in [0.05, 0.1) is 5.71 Å². The summed E-state index contributed by atoms with van der Waals surface area (Å²) in [6.45, 7) is 0.0225. The van der Waals surface area contributed by atoms with Gasteiger partial charge in [0.25, 0.3) is 10.8 Å². The predicted octanol–water partition coefficient (Wildman–Crippen LogP) is 1.59. The maximum Gasteiger partial charge on any atom is 0.328 e. The third-order valence-corrected chi connectivity index (χ3v) is 4.45. The molecule has 2 aromatic heterocycles. The molecule has 0 aliphatic carbocycles. The van der Waals surface area contributed by atoms with E-state index >= 15 is 0 Å². The molecule has 0 aliphatic heterocycles. The lowest BCUT2D eigenvalue weighted by molar-refractivity contribution is 0.319. The lowest BCUT2D eigenvalue weighted by atomic mass is 10.1. The molecule has 3 aromatic rings. The number of aromatic nitrogens is 4. The van der Waals surface area contributed by atoms with E-state index in [0.717, 1.165) is 11.8 Å². The van der Waals surface area contributed by atoms with Crippen LogP contribution in [0, 0.1) is 0 Å². The Labute approximate surface area is 155 Å². The number of nitrogens with zero attached hydrogens (tertiary/aromatic N) is 4. The topological polar surface area (TPSA) is 126 Å². The van der Waals surface area contributed by atoms with Gasteiger partial charge in [0.1, 0.15) is 6.54 Å². The van der Waals surface area contributed by atoms with Crippen molar-refractivity contribution in [3.63, 3.8) is 0 Å². The van der Waals surface area contributed by atoms with Crippen LogP contribution in [0.1, 0.15) is 11.5 Å². The van der Waals surface area contributed by atoms with Gasteiger partial charge in [0.2, 0.25) is 5.89 Å². The van der Waals surface area contributed by atoms with E-state index in [1.54, 1.807) is 24.3 Å². The fraction of sp³-hybridized carbons (Fsp3) is 0.133. The lowest BCUT2D eigenvalue weighted by Crippen LogP contribution is -2.28. The van der Waals surface area contributed by atoms with Crippen LogP contribution < -0.4 is 11.2 Å². The van der Waals surface area contributed by atoms with Crippen molar-refractivity contribution in [1.29, 1.82) is 0 Å². The van der Waals surface area contributed by atoms with Crippen molar-refractivity contribution in [3.8, 4) is 0 Å². The fourth-order valence-electron chi connectivity index (χ4n) is 2.06. The zero-order valence-corrected chi connectivity index (χ0v) is 14.7. The monoisotopic (exact) mass is 393 g/mol. The first-order chi connectivity index (χ1) is 12.6. The van der Waals surface area contributed by atoms with Gasteiger partial charge in [-0.1, -0.05) is 46.7 Å². The molecule has 0 fully saturated rings. The van der Waals surface area contributed by atoms with Crippen LogP contribution in [0.4, 0.5) is 0 Å². The average molecular weight is 394 g/mol. The Morgan fingerprint density at radius 3 is 2.85 bits per heavy atom. The molecular formula is C15H12ClN5O4S. The molecule has 11 heteroatoms. The molecule has 2 N–H and O–H groups in total. The molecule has 0 bridgehead atoms. The molecule has 1 aromatic carbocycles. The minimum atomic E-state index is -0.571. The van der Waals surface area contributed by atoms with E-state index in [0.29, 0.717) is 16.3 Å². The molecule has 26 heavy (non-hydrogen) atoms. The largest absolute Gasteiger partial charge is 0.414 e. The average Bonchev–Trinajstić information content (AvgIpc) is 3.07. The van der Waals surface area contributed by atoms with Crippen LogP contribution in [0.3, 0.4) is 0 Å². The number of thioether (sulfide) groups is 1. The molecule has 0 amide bonds. The van der Waals surface area contributed by atoms with Gasteiger partial charge in [-0.3, -0.25) is 14.3 Å². The summed E-state index contributed by atoms with van der Waals surface area (Å²) in [5, 5.41) is 20.9. The summed E-state index contributed by atoms with van der Waals surface area (Å²) >= 11 is 7.25. The minimum absolute atomic E-state index is 0.0225. The number of halogens is 1. The van der Waals surface area contributed by atoms with Crippen LogP contribution in [0.15, 0.2) is 60.9 Å². The number of hydrogen-bond acceptors (Lipinski definition) is 8. The van der Waals surface area contributed by atoms with Crippen molar-refractivity contribution in [3.05, 3.63) is 73.8 Å². The first-order valence-corrected chi connectivity index (χ1v) is 8.64. The van der Waals surface area contributed by atoms with E-state index in [-0.39, 0.29) is 23.4 Å². The van der Waals surface area contributed by atoms with E-state index in [2.05, 4.69) is 20.3 Å². The Morgan fingerprint density at radius 1 is 1.31 bits per heavy atom. The van der Waals surface area contributed by atoms with Crippen LogP contribution in [0.5, 0.6) is 0 Å². The van der Waals surface area contributed by atoms with Gasteiger partial charge in [0, 0.05) is 28.6 Å². The molecule has 0 spiro atoms. The molecule has 0 unspecified atom stereocenters. The molecule has 0 atom stereocenters. The van der Waals surface area contributed by atoms with Crippen LogP contribution in [-0.4, -0.2) is 36.4 Å². The van der Waals surface area contributed by atoms with Crippen LogP contribution in [0.25, 0.3) is 0 Å². The molecule has 2 heterocycles. The zero-order valence-electron chi connectivity index (χ0n) is 13.1. The first-order valence-electron chi connectivity index (χ1n) is 7.27. The fourth-order valence-corrected chi connectivity index (χ4v) is 3.03. The van der Waals surface area contributed by atoms with Gasteiger partial charge in [-0.05, 0) is 6.07 Å². The molecule has 0 aliphatic rings. The van der Waals surface area contributed by atoms with Crippen molar-refractivity contribution in [2.45, 2.75) is 11.8 Å². The van der Waals surface area contributed by atoms with E-state index in [9.17, 15) is 14.8 Å². The number of hydrogen-bond donors (Lipinski definition) is 2. The number of H-pyrrole nitrogens is 1. The van der Waals surface area contributed by atoms with Gasteiger partial charge in [-0.2, -0.15) is 0 Å². The molecule has 9 nitrogen and oxygen atoms in total. The van der Waals surface area contributed by atoms with Gasteiger partial charge in [-0.15, -0.1) is 10.2 Å². The standard InChI is InChI=1S/C15H12ClN5O4S/c16-10-4-2-1-3-9(10)11(20-24)8-26-15-19-18-13(25-15)7-21-6-5-12(22)17-14(21)23/h1-6,24H,7-8H2,(H,17,22,23)/b20-11+. The van der Waals surface area contributed by atoms with Crippen molar-refractivity contribution in [1.82, 2.24) is 19.7 Å². The lowest BCUT2D eigenvalue weighted by Gasteiger charge is -2.04. The molecule has 0 saturated carbocycles. The Morgan fingerprint density at radius 2 is 2.12 bits per heavy atom. The predicted molar refractivity (Wildman–Crippen MR) is 95.2 cm³/mol. The molecular weight excluding hydrogens is 382 g/mol. The van der Waals surface area contributed by atoms with E-state index < -0.39 is 11.2 Å². The Bertz CT molecular complexity index is 1060. The third-order valence-electron chi connectivity index (χ3n) is 3.29. The van der Waals surface area contributed by atoms with Crippen LogP contribution in [-0.2, 0) is 6.54 Å². The number of aromatic amines is 1. The van der Waals surface area contributed by atoms with E-state index in [1.807, 2.05) is 0 Å². The van der Waals surface area contributed by atoms with Gasteiger partial charge >= 0.3 is 5.69 Å². The van der Waals surface area contributed by atoms with E-state index in [1.165, 1.54) is 16.8 Å². The second-order valence-corrected chi connectivity index (χ2v) is 6.35. The summed E-state index contributed by atoms with van der Waals surface area (Å²) in [6, 6.07) is 8.21. The van der Waals surface area contributed by atoms with Crippen molar-refractivity contribution in [2.24, 2.45) is 5.16 Å². The Kier molecular flexibility index (Phi) is 5.54. The van der Waals surface area contributed by atoms with Gasteiger partial charge < -0.3 is 9.62 Å². The maximum atomic E-state index is 11.7. The highest BCUT2D eigenvalue weighted by Gasteiger charge is 2.13. The van der Waals surface area contributed by atoms with Crippen LogP contribution in [0.2, 0.25) is 5.02 Å². The van der Waals surface area contributed by atoms with Gasteiger partial charge in [0.15, 0.2) is 0 Å². The maximum absolute atomic E-state index is 11.7. The molecule has 3 rings (SSSR count). The summed E-state index contributed by atoms with van der Waals surface area (Å²) in [4.78, 5) is 24.8. The quantitative estimate of drug-likeness (QED) is 0.282. The molecule has 134 valence electrons. The SMILES string of the molecule is O=c1ccn(Cc2nnc(SC/C(=N\O)c3ccccc3Cl)o2)c(=O)[nH]1. The van der Waals surface area contributed by atoms with Crippen LogP contribution >= 0.6 is 23.4 Å². The third kappa shape index (κ3) is 4.21. The highest BCUT2D eigenvalue weighted by atomic mass is 35.5. The highest BCUT2D eigenvalue weighted by Crippen LogP contribution is 2.22.